The zero-order valence-electron chi connectivity index (χ0n) is 19.3. The van der Waals surface area contributed by atoms with Gasteiger partial charge in [-0.2, -0.15) is 0 Å². The first-order valence-electron chi connectivity index (χ1n) is 11.1. The van der Waals surface area contributed by atoms with Crippen LogP contribution in [0.5, 0.6) is 11.5 Å². The molecule has 1 fully saturated rings. The molecule has 0 amide bonds. The number of hydrogen-bond donors (Lipinski definition) is 1. The Kier molecular flexibility index (Phi) is 7.44. The van der Waals surface area contributed by atoms with E-state index >= 15 is 0 Å². The number of anilines is 1. The Morgan fingerprint density at radius 2 is 1.88 bits per heavy atom. The van der Waals surface area contributed by atoms with E-state index in [1.54, 1.807) is 25.6 Å². The molecule has 172 valence electrons. The molecular weight excluding hydrogens is 424 g/mol. The fraction of sp³-hybridized carbons (Fsp3) is 0.500. The second-order valence-corrected chi connectivity index (χ2v) is 9.45. The summed E-state index contributed by atoms with van der Waals surface area (Å²) < 4.78 is 16.3. The molecule has 0 radical (unpaired) electrons. The monoisotopic (exact) mass is 456 g/mol. The number of rotatable bonds is 9. The Bertz CT molecular complexity index is 1050. The highest BCUT2D eigenvalue weighted by molar-refractivity contribution is 7.18. The molecule has 0 atom stereocenters. The third-order valence-corrected chi connectivity index (χ3v) is 6.68. The number of thiophene rings is 1. The molecule has 0 spiro atoms. The number of ether oxygens (including phenoxy) is 3. The van der Waals surface area contributed by atoms with Gasteiger partial charge in [0, 0.05) is 37.7 Å². The summed E-state index contributed by atoms with van der Waals surface area (Å²) in [5.74, 6) is 3.32. The molecular formula is C24H32N4O3S. The zero-order valence-corrected chi connectivity index (χ0v) is 20.1. The first-order chi connectivity index (χ1) is 15.6. The standard InChI is InChI=1S/C24H32N4O3S/c1-16-13-20-23(25-17(2)26-24(20)32-16)27-19-7-9-28(10-8-19)15-18-5-6-21(22(14-18)30-4)31-12-11-29-3/h5-6,13-14,19H,7-12,15H2,1-4H3,(H,25,26,27). The summed E-state index contributed by atoms with van der Waals surface area (Å²) in [6.45, 7) is 8.14. The van der Waals surface area contributed by atoms with Crippen LogP contribution >= 0.6 is 11.3 Å². The van der Waals surface area contributed by atoms with Crippen LogP contribution < -0.4 is 14.8 Å². The van der Waals surface area contributed by atoms with Gasteiger partial charge < -0.3 is 19.5 Å². The van der Waals surface area contributed by atoms with E-state index in [1.807, 2.05) is 13.0 Å². The second-order valence-electron chi connectivity index (χ2n) is 8.22. The normalized spacial score (nSPS) is 15.2. The summed E-state index contributed by atoms with van der Waals surface area (Å²) in [6, 6.07) is 8.80. The van der Waals surface area contributed by atoms with E-state index in [9.17, 15) is 0 Å². The van der Waals surface area contributed by atoms with Gasteiger partial charge in [-0.25, -0.2) is 9.97 Å². The molecule has 1 aliphatic rings. The number of fused-ring (bicyclic) bond motifs is 1. The number of likely N-dealkylation sites (tertiary alicyclic amines) is 1. The van der Waals surface area contributed by atoms with E-state index in [1.165, 1.54) is 10.4 Å². The topological polar surface area (TPSA) is 68.7 Å². The molecule has 0 bridgehead atoms. The predicted octanol–water partition coefficient (Wildman–Crippen LogP) is 4.42. The van der Waals surface area contributed by atoms with Crippen LogP contribution in [0.15, 0.2) is 24.3 Å². The molecule has 1 saturated heterocycles. The Balaban J connectivity index is 1.33. The van der Waals surface area contributed by atoms with Crippen LogP contribution in [0.2, 0.25) is 0 Å². The molecule has 0 unspecified atom stereocenters. The lowest BCUT2D eigenvalue weighted by Crippen LogP contribution is -2.38. The van der Waals surface area contributed by atoms with Crippen molar-refractivity contribution in [3.63, 3.8) is 0 Å². The predicted molar refractivity (Wildman–Crippen MR) is 129 cm³/mol. The van der Waals surface area contributed by atoms with Gasteiger partial charge in [-0.15, -0.1) is 11.3 Å². The van der Waals surface area contributed by atoms with Crippen molar-refractivity contribution < 1.29 is 14.2 Å². The zero-order chi connectivity index (χ0) is 22.5. The van der Waals surface area contributed by atoms with Crippen molar-refractivity contribution in [3.05, 3.63) is 40.5 Å². The van der Waals surface area contributed by atoms with Gasteiger partial charge in [0.05, 0.1) is 19.1 Å². The third kappa shape index (κ3) is 5.49. The minimum absolute atomic E-state index is 0.426. The average molecular weight is 457 g/mol. The Morgan fingerprint density at radius 3 is 2.62 bits per heavy atom. The average Bonchev–Trinajstić information content (AvgIpc) is 3.16. The van der Waals surface area contributed by atoms with Gasteiger partial charge in [0.25, 0.3) is 0 Å². The van der Waals surface area contributed by atoms with E-state index in [0.29, 0.717) is 19.3 Å². The quantitative estimate of drug-likeness (QED) is 0.478. The van der Waals surface area contributed by atoms with Crippen LogP contribution in [0.1, 0.15) is 29.1 Å². The summed E-state index contributed by atoms with van der Waals surface area (Å²) in [6.07, 6.45) is 2.17. The number of hydrogen-bond acceptors (Lipinski definition) is 8. The minimum Gasteiger partial charge on any atom is -0.493 e. The Hall–Kier alpha value is -2.42. The maximum atomic E-state index is 5.74. The van der Waals surface area contributed by atoms with Gasteiger partial charge in [-0.3, -0.25) is 4.90 Å². The molecule has 3 heterocycles. The van der Waals surface area contributed by atoms with Crippen molar-refractivity contribution in [1.82, 2.24) is 14.9 Å². The number of aryl methyl sites for hydroxylation is 2. The second kappa shape index (κ2) is 10.5. The number of nitrogens with zero attached hydrogens (tertiary/aromatic N) is 3. The largest absolute Gasteiger partial charge is 0.493 e. The van der Waals surface area contributed by atoms with E-state index in [4.69, 9.17) is 14.2 Å². The number of piperidine rings is 1. The van der Waals surface area contributed by atoms with E-state index in [2.05, 4.69) is 45.3 Å². The summed E-state index contributed by atoms with van der Waals surface area (Å²) in [5.41, 5.74) is 1.23. The van der Waals surface area contributed by atoms with Crippen molar-refractivity contribution in [2.24, 2.45) is 0 Å². The molecule has 2 aromatic heterocycles. The molecule has 32 heavy (non-hydrogen) atoms. The molecule has 8 heteroatoms. The van der Waals surface area contributed by atoms with Gasteiger partial charge in [0.15, 0.2) is 11.5 Å². The molecule has 4 rings (SSSR count). The Labute approximate surface area is 193 Å². The fourth-order valence-corrected chi connectivity index (χ4v) is 5.04. The lowest BCUT2D eigenvalue weighted by Gasteiger charge is -2.32. The summed E-state index contributed by atoms with van der Waals surface area (Å²) in [4.78, 5) is 14.1. The van der Waals surface area contributed by atoms with Crippen LogP contribution in [0.4, 0.5) is 5.82 Å². The Morgan fingerprint density at radius 1 is 1.06 bits per heavy atom. The first-order valence-corrected chi connectivity index (χ1v) is 11.9. The number of methoxy groups -OCH3 is 2. The van der Waals surface area contributed by atoms with Crippen LogP contribution in [0.25, 0.3) is 10.2 Å². The van der Waals surface area contributed by atoms with Gasteiger partial charge in [-0.05, 0) is 50.5 Å². The van der Waals surface area contributed by atoms with Crippen LogP contribution in [-0.2, 0) is 11.3 Å². The minimum atomic E-state index is 0.426. The van der Waals surface area contributed by atoms with Crippen LogP contribution in [0.3, 0.4) is 0 Å². The molecule has 0 aliphatic carbocycles. The van der Waals surface area contributed by atoms with Crippen molar-refractivity contribution in [2.75, 3.05) is 45.8 Å². The lowest BCUT2D eigenvalue weighted by molar-refractivity contribution is 0.144. The van der Waals surface area contributed by atoms with Gasteiger partial charge >= 0.3 is 0 Å². The number of nitrogens with one attached hydrogen (secondary N) is 1. The van der Waals surface area contributed by atoms with Crippen molar-refractivity contribution >= 4 is 27.4 Å². The van der Waals surface area contributed by atoms with Gasteiger partial charge in [0.2, 0.25) is 0 Å². The van der Waals surface area contributed by atoms with E-state index in [0.717, 1.165) is 65.8 Å². The molecule has 1 aliphatic heterocycles. The van der Waals surface area contributed by atoms with Crippen LogP contribution in [-0.4, -0.2) is 61.4 Å². The van der Waals surface area contributed by atoms with Gasteiger partial charge in [0.1, 0.15) is 23.1 Å². The molecule has 1 N–H and O–H groups in total. The SMILES string of the molecule is COCCOc1ccc(CN2CCC(Nc3nc(C)nc4sc(C)cc34)CC2)cc1OC. The highest BCUT2D eigenvalue weighted by Gasteiger charge is 2.21. The summed E-state index contributed by atoms with van der Waals surface area (Å²) in [7, 11) is 3.35. The maximum Gasteiger partial charge on any atom is 0.161 e. The summed E-state index contributed by atoms with van der Waals surface area (Å²) in [5, 5.41) is 4.83. The molecule has 1 aromatic carbocycles. The smallest absolute Gasteiger partial charge is 0.161 e. The fourth-order valence-electron chi connectivity index (χ4n) is 4.11. The maximum absolute atomic E-state index is 5.74. The first kappa shape index (κ1) is 22.8. The van der Waals surface area contributed by atoms with Gasteiger partial charge in [-0.1, -0.05) is 6.07 Å². The number of aromatic nitrogens is 2. The van der Waals surface area contributed by atoms with Crippen molar-refractivity contribution in [2.45, 2.75) is 39.3 Å². The lowest BCUT2D eigenvalue weighted by atomic mass is 10.0. The van der Waals surface area contributed by atoms with Crippen molar-refractivity contribution in [3.8, 4) is 11.5 Å². The molecule has 0 saturated carbocycles. The highest BCUT2D eigenvalue weighted by Crippen LogP contribution is 2.31. The molecule has 7 nitrogen and oxygen atoms in total. The highest BCUT2D eigenvalue weighted by atomic mass is 32.1. The summed E-state index contributed by atoms with van der Waals surface area (Å²) >= 11 is 1.73. The van der Waals surface area contributed by atoms with E-state index < -0.39 is 0 Å². The number of benzene rings is 1. The molecule has 3 aromatic rings. The van der Waals surface area contributed by atoms with E-state index in [-0.39, 0.29) is 0 Å². The van der Waals surface area contributed by atoms with Crippen LogP contribution in [0, 0.1) is 13.8 Å². The van der Waals surface area contributed by atoms with Crippen molar-refractivity contribution in [1.29, 1.82) is 0 Å². The third-order valence-electron chi connectivity index (χ3n) is 5.74.